The number of thiazole rings is 2. The zero-order valence-corrected chi connectivity index (χ0v) is 15.2. The summed E-state index contributed by atoms with van der Waals surface area (Å²) in [6, 6.07) is 0. The first-order chi connectivity index (χ1) is 11.7. The van der Waals surface area contributed by atoms with Crippen LogP contribution in [0.4, 0.5) is 0 Å². The normalized spacial score (nSPS) is 19.3. The number of hydrogen-bond acceptors (Lipinski definition) is 6. The number of likely N-dealkylation sites (tertiary alicyclic amines) is 1. The second-order valence-electron chi connectivity index (χ2n) is 6.61. The Balaban J connectivity index is 1.34. The molecule has 4 rings (SSSR count). The zero-order chi connectivity index (χ0) is 16.5. The fraction of sp³-hybridized carbons (Fsp3) is 0.588. The minimum Gasteiger partial charge on any atom is -0.476 e. The Hall–Kier alpha value is -1.31. The molecule has 5 nitrogen and oxygen atoms in total. The van der Waals surface area contributed by atoms with Crippen LogP contribution in [0.2, 0.25) is 0 Å². The highest BCUT2D eigenvalue weighted by atomic mass is 32.1. The van der Waals surface area contributed by atoms with E-state index in [2.05, 4.69) is 9.88 Å². The van der Waals surface area contributed by atoms with Gasteiger partial charge in [0.2, 0.25) is 0 Å². The predicted molar refractivity (Wildman–Crippen MR) is 95.1 cm³/mol. The molecule has 7 heteroatoms. The van der Waals surface area contributed by atoms with Crippen molar-refractivity contribution in [1.29, 1.82) is 0 Å². The number of hydrogen-bond donors (Lipinski definition) is 1. The van der Waals surface area contributed by atoms with Crippen LogP contribution < -0.4 is 0 Å². The smallest absolute Gasteiger partial charge is 0.355 e. The van der Waals surface area contributed by atoms with E-state index in [-0.39, 0.29) is 5.69 Å². The second-order valence-corrected chi connectivity index (χ2v) is 8.67. The Morgan fingerprint density at radius 3 is 2.75 bits per heavy atom. The monoisotopic (exact) mass is 363 g/mol. The van der Waals surface area contributed by atoms with Gasteiger partial charge in [-0.25, -0.2) is 14.8 Å². The van der Waals surface area contributed by atoms with Crippen molar-refractivity contribution in [3.05, 3.63) is 31.7 Å². The molecule has 0 bridgehead atoms. The van der Waals surface area contributed by atoms with Gasteiger partial charge in [0.15, 0.2) is 5.69 Å². The van der Waals surface area contributed by atoms with Crippen molar-refractivity contribution in [2.75, 3.05) is 13.1 Å². The molecule has 1 N–H and O–H groups in total. The van der Waals surface area contributed by atoms with Crippen molar-refractivity contribution in [2.24, 2.45) is 0 Å². The largest absolute Gasteiger partial charge is 0.476 e. The highest BCUT2D eigenvalue weighted by Crippen LogP contribution is 2.35. The van der Waals surface area contributed by atoms with Gasteiger partial charge in [0, 0.05) is 16.2 Å². The molecular formula is C17H21N3O2S2. The lowest BCUT2D eigenvalue weighted by Crippen LogP contribution is -2.32. The van der Waals surface area contributed by atoms with Gasteiger partial charge in [-0.3, -0.25) is 4.90 Å². The average Bonchev–Trinajstić information content (AvgIpc) is 3.22. The minimum absolute atomic E-state index is 0.165. The van der Waals surface area contributed by atoms with E-state index >= 15 is 0 Å². The molecule has 0 aromatic carbocycles. The Morgan fingerprint density at radius 2 is 2.04 bits per heavy atom. The standard InChI is InChI=1S/C17H21N3O2S2/c21-17(22)13-10-23-15(18-13)9-20-7-5-11(6-8-20)16-19-12-3-1-2-4-14(12)24-16/h10-11H,1-9H2,(H,21,22). The van der Waals surface area contributed by atoms with E-state index in [0.717, 1.165) is 37.5 Å². The first-order valence-electron chi connectivity index (χ1n) is 8.57. The van der Waals surface area contributed by atoms with E-state index in [1.807, 2.05) is 11.3 Å². The maximum Gasteiger partial charge on any atom is 0.355 e. The highest BCUT2D eigenvalue weighted by molar-refractivity contribution is 7.11. The number of rotatable bonds is 4. The third kappa shape index (κ3) is 3.38. The number of aromatic nitrogens is 2. The Kier molecular flexibility index (Phi) is 4.65. The molecule has 1 aliphatic heterocycles. The van der Waals surface area contributed by atoms with Crippen LogP contribution >= 0.6 is 22.7 Å². The lowest BCUT2D eigenvalue weighted by atomic mass is 9.97. The highest BCUT2D eigenvalue weighted by Gasteiger charge is 2.26. The van der Waals surface area contributed by atoms with Gasteiger partial charge in [0.05, 0.1) is 17.2 Å². The Bertz CT molecular complexity index is 709. The number of carboxylic acids is 1. The molecule has 0 amide bonds. The van der Waals surface area contributed by atoms with E-state index < -0.39 is 5.97 Å². The Morgan fingerprint density at radius 1 is 1.25 bits per heavy atom. The number of piperidine rings is 1. The predicted octanol–water partition coefficient (Wildman–Crippen LogP) is 3.56. The molecule has 1 saturated heterocycles. The summed E-state index contributed by atoms with van der Waals surface area (Å²) in [7, 11) is 0. The number of fused-ring (bicyclic) bond motifs is 1. The van der Waals surface area contributed by atoms with Crippen LogP contribution in [0, 0.1) is 0 Å². The molecule has 0 unspecified atom stereocenters. The van der Waals surface area contributed by atoms with E-state index in [1.54, 1.807) is 5.38 Å². The number of nitrogens with zero attached hydrogens (tertiary/aromatic N) is 3. The fourth-order valence-corrected chi connectivity index (χ4v) is 5.69. The van der Waals surface area contributed by atoms with Gasteiger partial charge in [-0.1, -0.05) is 0 Å². The summed E-state index contributed by atoms with van der Waals surface area (Å²) >= 11 is 3.39. The van der Waals surface area contributed by atoms with Gasteiger partial charge in [0.1, 0.15) is 5.01 Å². The first kappa shape index (κ1) is 16.2. The van der Waals surface area contributed by atoms with E-state index in [9.17, 15) is 4.79 Å². The van der Waals surface area contributed by atoms with Crippen molar-refractivity contribution in [1.82, 2.24) is 14.9 Å². The average molecular weight is 364 g/mol. The van der Waals surface area contributed by atoms with Crippen molar-refractivity contribution in [2.45, 2.75) is 51.0 Å². The van der Waals surface area contributed by atoms with E-state index in [4.69, 9.17) is 10.1 Å². The summed E-state index contributed by atoms with van der Waals surface area (Å²) in [5.41, 5.74) is 1.53. The van der Waals surface area contributed by atoms with Gasteiger partial charge in [0.25, 0.3) is 0 Å². The minimum atomic E-state index is -0.941. The van der Waals surface area contributed by atoms with Gasteiger partial charge < -0.3 is 5.11 Å². The molecule has 2 aliphatic rings. The summed E-state index contributed by atoms with van der Waals surface area (Å²) in [4.78, 5) is 24.0. The lowest BCUT2D eigenvalue weighted by Gasteiger charge is -2.30. The molecule has 0 spiro atoms. The molecule has 2 aromatic rings. The molecule has 0 saturated carbocycles. The van der Waals surface area contributed by atoms with Crippen LogP contribution in [0.3, 0.4) is 0 Å². The molecule has 24 heavy (non-hydrogen) atoms. The Labute approximate surface area is 149 Å². The van der Waals surface area contributed by atoms with Crippen molar-refractivity contribution >= 4 is 28.6 Å². The molecule has 128 valence electrons. The summed E-state index contributed by atoms with van der Waals surface area (Å²) < 4.78 is 0. The van der Waals surface area contributed by atoms with Gasteiger partial charge in [-0.15, -0.1) is 22.7 Å². The van der Waals surface area contributed by atoms with Crippen LogP contribution in [0.25, 0.3) is 0 Å². The number of aromatic carboxylic acids is 1. The van der Waals surface area contributed by atoms with Crippen LogP contribution in [0.5, 0.6) is 0 Å². The molecule has 0 radical (unpaired) electrons. The number of carboxylic acid groups (broad SMARTS) is 1. The third-order valence-electron chi connectivity index (χ3n) is 4.93. The summed E-state index contributed by atoms with van der Waals surface area (Å²) in [6.07, 6.45) is 7.29. The molecule has 3 heterocycles. The summed E-state index contributed by atoms with van der Waals surface area (Å²) in [5.74, 6) is -0.341. The molecular weight excluding hydrogens is 342 g/mol. The number of aryl methyl sites for hydroxylation is 2. The lowest BCUT2D eigenvalue weighted by molar-refractivity contribution is 0.0691. The van der Waals surface area contributed by atoms with Gasteiger partial charge in [-0.05, 0) is 51.6 Å². The van der Waals surface area contributed by atoms with Crippen molar-refractivity contribution < 1.29 is 9.90 Å². The maximum absolute atomic E-state index is 10.9. The molecule has 2 aromatic heterocycles. The first-order valence-corrected chi connectivity index (χ1v) is 10.3. The van der Waals surface area contributed by atoms with Gasteiger partial charge >= 0.3 is 5.97 Å². The fourth-order valence-electron chi connectivity index (χ4n) is 3.56. The zero-order valence-electron chi connectivity index (χ0n) is 13.5. The third-order valence-corrected chi connectivity index (χ3v) is 7.08. The summed E-state index contributed by atoms with van der Waals surface area (Å²) in [5, 5.41) is 12.8. The molecule has 1 aliphatic carbocycles. The quantitative estimate of drug-likeness (QED) is 0.900. The summed E-state index contributed by atoms with van der Waals surface area (Å²) in [6.45, 7) is 2.84. The van der Waals surface area contributed by atoms with E-state index in [1.165, 1.54) is 52.6 Å². The van der Waals surface area contributed by atoms with Gasteiger partial charge in [-0.2, -0.15) is 0 Å². The van der Waals surface area contributed by atoms with Crippen LogP contribution in [-0.2, 0) is 19.4 Å². The molecule has 0 atom stereocenters. The topological polar surface area (TPSA) is 66.3 Å². The van der Waals surface area contributed by atoms with Crippen LogP contribution in [-0.4, -0.2) is 39.0 Å². The number of carbonyl (C=O) groups is 1. The van der Waals surface area contributed by atoms with Crippen molar-refractivity contribution in [3.8, 4) is 0 Å². The second kappa shape index (κ2) is 6.90. The van der Waals surface area contributed by atoms with Crippen LogP contribution in [0.15, 0.2) is 5.38 Å². The van der Waals surface area contributed by atoms with Crippen molar-refractivity contribution in [3.63, 3.8) is 0 Å². The van der Waals surface area contributed by atoms with E-state index in [0.29, 0.717) is 5.92 Å². The maximum atomic E-state index is 10.9. The van der Waals surface area contributed by atoms with Crippen LogP contribution in [0.1, 0.15) is 62.7 Å². The molecule has 1 fully saturated rings. The SMILES string of the molecule is O=C(O)c1csc(CN2CCC(c3nc4c(s3)CCCC4)CC2)n1.